The van der Waals surface area contributed by atoms with Crippen molar-refractivity contribution < 1.29 is 13.2 Å². The molecule has 0 saturated carbocycles. The van der Waals surface area contributed by atoms with E-state index < -0.39 is 11.6 Å². The number of hydrogen-bond donors (Lipinski definition) is 1. The molecule has 2 aromatic rings. The van der Waals surface area contributed by atoms with Crippen LogP contribution in [0.3, 0.4) is 0 Å². The SMILES string of the molecule is CCNC(CC)c1nnc(-c2cc(C)c(F)cc2F)o1. The summed E-state index contributed by atoms with van der Waals surface area (Å²) in [5, 5.41) is 11.0. The molecule has 1 unspecified atom stereocenters. The van der Waals surface area contributed by atoms with E-state index in [9.17, 15) is 8.78 Å². The summed E-state index contributed by atoms with van der Waals surface area (Å²) in [7, 11) is 0. The summed E-state index contributed by atoms with van der Waals surface area (Å²) in [5.41, 5.74) is 0.453. The summed E-state index contributed by atoms with van der Waals surface area (Å²) in [6.07, 6.45) is 0.778. The zero-order chi connectivity index (χ0) is 14.7. The number of nitrogens with one attached hydrogen (secondary N) is 1. The average molecular weight is 281 g/mol. The van der Waals surface area contributed by atoms with Gasteiger partial charge < -0.3 is 9.73 Å². The van der Waals surface area contributed by atoms with Crippen molar-refractivity contribution in [3.05, 3.63) is 35.2 Å². The average Bonchev–Trinajstić information content (AvgIpc) is 2.89. The van der Waals surface area contributed by atoms with E-state index in [1.165, 1.54) is 6.07 Å². The second-order valence-corrected chi connectivity index (χ2v) is 4.55. The maximum atomic E-state index is 13.8. The summed E-state index contributed by atoms with van der Waals surface area (Å²) >= 11 is 0. The highest BCUT2D eigenvalue weighted by Crippen LogP contribution is 2.26. The molecule has 0 aliphatic heterocycles. The molecule has 108 valence electrons. The van der Waals surface area contributed by atoms with Gasteiger partial charge in [-0.05, 0) is 31.5 Å². The predicted molar refractivity (Wildman–Crippen MR) is 71.1 cm³/mol. The molecule has 0 radical (unpaired) electrons. The first kappa shape index (κ1) is 14.6. The van der Waals surface area contributed by atoms with Gasteiger partial charge in [-0.15, -0.1) is 10.2 Å². The first-order valence-electron chi connectivity index (χ1n) is 6.59. The van der Waals surface area contributed by atoms with Crippen LogP contribution in [0.25, 0.3) is 11.5 Å². The quantitative estimate of drug-likeness (QED) is 0.912. The molecule has 1 atom stereocenters. The Morgan fingerprint density at radius 3 is 2.60 bits per heavy atom. The van der Waals surface area contributed by atoms with E-state index in [-0.39, 0.29) is 17.5 Å². The van der Waals surface area contributed by atoms with Crippen LogP contribution in [0, 0.1) is 18.6 Å². The van der Waals surface area contributed by atoms with E-state index in [2.05, 4.69) is 15.5 Å². The zero-order valence-electron chi connectivity index (χ0n) is 11.7. The maximum Gasteiger partial charge on any atom is 0.250 e. The van der Waals surface area contributed by atoms with Crippen LogP contribution in [0.5, 0.6) is 0 Å². The minimum atomic E-state index is -0.709. The van der Waals surface area contributed by atoms with Gasteiger partial charge in [0.2, 0.25) is 5.89 Å². The molecular formula is C14H17F2N3O. The molecule has 6 heteroatoms. The first-order chi connectivity index (χ1) is 9.56. The topological polar surface area (TPSA) is 51.0 Å². The smallest absolute Gasteiger partial charge is 0.250 e. The highest BCUT2D eigenvalue weighted by molar-refractivity contribution is 5.55. The highest BCUT2D eigenvalue weighted by atomic mass is 19.1. The lowest BCUT2D eigenvalue weighted by atomic mass is 10.1. The van der Waals surface area contributed by atoms with Gasteiger partial charge in [-0.2, -0.15) is 0 Å². The summed E-state index contributed by atoms with van der Waals surface area (Å²) < 4.78 is 32.5. The Hall–Kier alpha value is -1.82. The van der Waals surface area contributed by atoms with Gasteiger partial charge in [0, 0.05) is 6.07 Å². The van der Waals surface area contributed by atoms with Crippen LogP contribution in [0.15, 0.2) is 16.5 Å². The fourth-order valence-electron chi connectivity index (χ4n) is 1.96. The second-order valence-electron chi connectivity index (χ2n) is 4.55. The van der Waals surface area contributed by atoms with Gasteiger partial charge in [-0.25, -0.2) is 8.78 Å². The van der Waals surface area contributed by atoms with Crippen LogP contribution in [-0.2, 0) is 0 Å². The molecule has 0 amide bonds. The Balaban J connectivity index is 2.35. The van der Waals surface area contributed by atoms with Crippen LogP contribution >= 0.6 is 0 Å². The Kier molecular flexibility index (Phi) is 4.44. The van der Waals surface area contributed by atoms with Crippen molar-refractivity contribution in [3.8, 4) is 11.5 Å². The minimum absolute atomic E-state index is 0.0640. The van der Waals surface area contributed by atoms with Crippen molar-refractivity contribution in [2.75, 3.05) is 6.54 Å². The fourth-order valence-corrected chi connectivity index (χ4v) is 1.96. The fraction of sp³-hybridized carbons (Fsp3) is 0.429. The molecule has 1 heterocycles. The molecule has 1 N–H and O–H groups in total. The molecule has 2 rings (SSSR count). The molecule has 4 nitrogen and oxygen atoms in total. The maximum absolute atomic E-state index is 13.8. The van der Waals surface area contributed by atoms with Gasteiger partial charge in [0.25, 0.3) is 5.89 Å². The van der Waals surface area contributed by atoms with Gasteiger partial charge in [0.1, 0.15) is 11.6 Å². The minimum Gasteiger partial charge on any atom is -0.419 e. The normalized spacial score (nSPS) is 12.7. The molecule has 0 fully saturated rings. The van der Waals surface area contributed by atoms with E-state index >= 15 is 0 Å². The third kappa shape index (κ3) is 2.85. The van der Waals surface area contributed by atoms with E-state index in [1.807, 2.05) is 13.8 Å². The Labute approximate surface area is 116 Å². The molecule has 0 spiro atoms. The monoisotopic (exact) mass is 281 g/mol. The van der Waals surface area contributed by atoms with Crippen LogP contribution < -0.4 is 5.32 Å². The number of rotatable bonds is 5. The number of halogens is 2. The van der Waals surface area contributed by atoms with Crippen LogP contribution in [0.2, 0.25) is 0 Å². The molecular weight excluding hydrogens is 264 g/mol. The summed E-state index contributed by atoms with van der Waals surface area (Å²) in [6, 6.07) is 2.14. The van der Waals surface area contributed by atoms with Crippen molar-refractivity contribution in [3.63, 3.8) is 0 Å². The largest absolute Gasteiger partial charge is 0.419 e. The number of nitrogens with zero attached hydrogens (tertiary/aromatic N) is 2. The summed E-state index contributed by atoms with van der Waals surface area (Å²) in [6.45, 7) is 6.28. The van der Waals surface area contributed by atoms with E-state index in [1.54, 1.807) is 6.92 Å². The number of aromatic nitrogens is 2. The molecule has 0 bridgehead atoms. The zero-order valence-corrected chi connectivity index (χ0v) is 11.7. The van der Waals surface area contributed by atoms with Crippen LogP contribution in [-0.4, -0.2) is 16.7 Å². The highest BCUT2D eigenvalue weighted by Gasteiger charge is 2.19. The van der Waals surface area contributed by atoms with Crippen LogP contribution in [0.1, 0.15) is 37.8 Å². The Morgan fingerprint density at radius 2 is 1.95 bits per heavy atom. The molecule has 20 heavy (non-hydrogen) atoms. The Morgan fingerprint density at radius 1 is 1.20 bits per heavy atom. The van der Waals surface area contributed by atoms with E-state index in [0.717, 1.165) is 19.0 Å². The van der Waals surface area contributed by atoms with Crippen molar-refractivity contribution in [2.45, 2.75) is 33.2 Å². The number of benzene rings is 1. The standard InChI is InChI=1S/C14H17F2N3O/c1-4-12(17-5-2)14-19-18-13(20-14)9-6-8(3)10(15)7-11(9)16/h6-7,12,17H,4-5H2,1-3H3. The van der Waals surface area contributed by atoms with Gasteiger partial charge >= 0.3 is 0 Å². The molecule has 0 aliphatic carbocycles. The van der Waals surface area contributed by atoms with Gasteiger partial charge in [-0.3, -0.25) is 0 Å². The van der Waals surface area contributed by atoms with Gasteiger partial charge in [0.15, 0.2) is 0 Å². The lowest BCUT2D eigenvalue weighted by Gasteiger charge is -2.10. The van der Waals surface area contributed by atoms with E-state index in [4.69, 9.17) is 4.42 Å². The molecule has 0 saturated heterocycles. The molecule has 1 aromatic carbocycles. The van der Waals surface area contributed by atoms with Crippen molar-refractivity contribution in [1.82, 2.24) is 15.5 Å². The van der Waals surface area contributed by atoms with Crippen molar-refractivity contribution in [1.29, 1.82) is 0 Å². The van der Waals surface area contributed by atoms with Crippen molar-refractivity contribution >= 4 is 0 Å². The third-order valence-electron chi connectivity index (χ3n) is 3.08. The summed E-state index contributed by atoms with van der Waals surface area (Å²) in [4.78, 5) is 0. The summed E-state index contributed by atoms with van der Waals surface area (Å²) in [5.74, 6) is -0.826. The number of aryl methyl sites for hydroxylation is 1. The molecule has 0 aliphatic rings. The van der Waals surface area contributed by atoms with Gasteiger partial charge in [0.05, 0.1) is 11.6 Å². The lowest BCUT2D eigenvalue weighted by molar-refractivity contribution is 0.401. The predicted octanol–water partition coefficient (Wildman–Crippen LogP) is 3.38. The second kappa shape index (κ2) is 6.09. The van der Waals surface area contributed by atoms with Crippen molar-refractivity contribution in [2.24, 2.45) is 0 Å². The lowest BCUT2D eigenvalue weighted by Crippen LogP contribution is -2.20. The first-order valence-corrected chi connectivity index (χ1v) is 6.59. The number of hydrogen-bond acceptors (Lipinski definition) is 4. The third-order valence-corrected chi connectivity index (χ3v) is 3.08. The van der Waals surface area contributed by atoms with Crippen LogP contribution in [0.4, 0.5) is 8.78 Å². The van der Waals surface area contributed by atoms with E-state index in [0.29, 0.717) is 11.5 Å². The molecule has 1 aromatic heterocycles. The van der Waals surface area contributed by atoms with Gasteiger partial charge in [-0.1, -0.05) is 13.8 Å². The Bertz CT molecular complexity index is 598.